The van der Waals surface area contributed by atoms with Crippen molar-refractivity contribution in [3.63, 3.8) is 0 Å². The molecule has 9 nitrogen and oxygen atoms in total. The van der Waals surface area contributed by atoms with E-state index in [4.69, 9.17) is 16.3 Å². The van der Waals surface area contributed by atoms with Crippen molar-refractivity contribution in [2.45, 2.75) is 6.61 Å². The number of rotatable bonds is 8. The summed E-state index contributed by atoms with van der Waals surface area (Å²) < 4.78 is 6.64. The largest absolute Gasteiger partial charge is 0.488 e. The SMILES string of the molecule is O=[N+]([O-])c1ccc(N/N=C\c2cc(Br)ccc2OCc2ccc(Cl)cc2)c([N+](=O)[O-])c1. The van der Waals surface area contributed by atoms with Crippen LogP contribution in [0.25, 0.3) is 0 Å². The second-order valence-electron chi connectivity index (χ2n) is 6.18. The molecular formula is C20H14BrClN4O5. The van der Waals surface area contributed by atoms with Crippen LogP contribution in [0.2, 0.25) is 5.02 Å². The van der Waals surface area contributed by atoms with E-state index in [0.717, 1.165) is 22.2 Å². The van der Waals surface area contributed by atoms with E-state index < -0.39 is 15.5 Å². The predicted octanol–water partition coefficient (Wildman–Crippen LogP) is 5.94. The zero-order valence-electron chi connectivity index (χ0n) is 15.7. The fourth-order valence-corrected chi connectivity index (χ4v) is 3.05. The zero-order chi connectivity index (χ0) is 22.4. The molecule has 11 heteroatoms. The third kappa shape index (κ3) is 6.00. The third-order valence-electron chi connectivity index (χ3n) is 4.06. The van der Waals surface area contributed by atoms with Crippen LogP contribution < -0.4 is 10.2 Å². The molecule has 0 unspecified atom stereocenters. The van der Waals surface area contributed by atoms with Crippen LogP contribution in [0.5, 0.6) is 5.75 Å². The smallest absolute Gasteiger partial charge is 0.301 e. The molecule has 158 valence electrons. The third-order valence-corrected chi connectivity index (χ3v) is 4.80. The van der Waals surface area contributed by atoms with Gasteiger partial charge in [-0.25, -0.2) is 0 Å². The minimum Gasteiger partial charge on any atom is -0.488 e. The minimum atomic E-state index is -0.718. The van der Waals surface area contributed by atoms with Gasteiger partial charge in [0.2, 0.25) is 0 Å². The van der Waals surface area contributed by atoms with E-state index in [-0.39, 0.29) is 11.4 Å². The Labute approximate surface area is 189 Å². The molecule has 0 radical (unpaired) electrons. The van der Waals surface area contributed by atoms with Crippen molar-refractivity contribution in [3.8, 4) is 5.75 Å². The van der Waals surface area contributed by atoms with E-state index in [1.54, 1.807) is 24.3 Å². The number of anilines is 1. The Morgan fingerprint density at radius 1 is 1.03 bits per heavy atom. The van der Waals surface area contributed by atoms with Gasteiger partial charge >= 0.3 is 5.69 Å². The van der Waals surface area contributed by atoms with Gasteiger partial charge in [0.15, 0.2) is 0 Å². The molecule has 3 rings (SSSR count). The first-order valence-electron chi connectivity index (χ1n) is 8.72. The summed E-state index contributed by atoms with van der Waals surface area (Å²) in [5.41, 5.74) is 3.27. The first kappa shape index (κ1) is 22.2. The number of nitrogens with zero attached hydrogens (tertiary/aromatic N) is 3. The van der Waals surface area contributed by atoms with E-state index in [1.807, 2.05) is 18.2 Å². The van der Waals surface area contributed by atoms with Crippen molar-refractivity contribution in [1.29, 1.82) is 0 Å². The maximum atomic E-state index is 11.2. The number of benzene rings is 3. The Kier molecular flexibility index (Phi) is 7.16. The van der Waals surface area contributed by atoms with Gasteiger partial charge < -0.3 is 4.74 Å². The van der Waals surface area contributed by atoms with Gasteiger partial charge in [-0.15, -0.1) is 0 Å². The summed E-state index contributed by atoms with van der Waals surface area (Å²) in [4.78, 5) is 20.7. The summed E-state index contributed by atoms with van der Waals surface area (Å²) in [7, 11) is 0. The number of nitro groups is 2. The molecule has 0 aliphatic heterocycles. The average Bonchev–Trinajstić information content (AvgIpc) is 2.74. The second kappa shape index (κ2) is 10.0. The van der Waals surface area contributed by atoms with Crippen LogP contribution in [-0.4, -0.2) is 16.1 Å². The van der Waals surface area contributed by atoms with Gasteiger partial charge in [0, 0.05) is 21.1 Å². The number of nitro benzene ring substituents is 2. The number of non-ortho nitro benzene ring substituents is 1. The topological polar surface area (TPSA) is 120 Å². The van der Waals surface area contributed by atoms with Gasteiger partial charge in [-0.05, 0) is 42.0 Å². The highest BCUT2D eigenvalue weighted by atomic mass is 79.9. The number of hydrogen-bond acceptors (Lipinski definition) is 7. The lowest BCUT2D eigenvalue weighted by atomic mass is 10.2. The molecule has 0 spiro atoms. The molecule has 3 aromatic rings. The Hall–Kier alpha value is -3.50. The normalized spacial score (nSPS) is 10.8. The molecule has 3 aromatic carbocycles. The molecule has 0 saturated carbocycles. The lowest BCUT2D eigenvalue weighted by molar-refractivity contribution is -0.393. The maximum absolute atomic E-state index is 11.2. The van der Waals surface area contributed by atoms with Gasteiger partial charge in [0.1, 0.15) is 18.0 Å². The Balaban J connectivity index is 1.77. The van der Waals surface area contributed by atoms with E-state index in [2.05, 4.69) is 26.5 Å². The van der Waals surface area contributed by atoms with Crippen molar-refractivity contribution in [1.82, 2.24) is 0 Å². The first-order valence-corrected chi connectivity index (χ1v) is 9.89. The zero-order valence-corrected chi connectivity index (χ0v) is 18.0. The number of hydrazone groups is 1. The molecule has 0 bridgehead atoms. The molecule has 1 N–H and O–H groups in total. The van der Waals surface area contributed by atoms with Crippen LogP contribution >= 0.6 is 27.5 Å². The molecule has 0 amide bonds. The lowest BCUT2D eigenvalue weighted by Crippen LogP contribution is -2.00. The van der Waals surface area contributed by atoms with Gasteiger partial charge in [-0.2, -0.15) is 5.10 Å². The molecular weight excluding hydrogens is 492 g/mol. The summed E-state index contributed by atoms with van der Waals surface area (Å²) in [6.45, 7) is 0.306. The van der Waals surface area contributed by atoms with Gasteiger partial charge in [-0.3, -0.25) is 25.7 Å². The molecule has 0 fully saturated rings. The monoisotopic (exact) mass is 504 g/mol. The first-order chi connectivity index (χ1) is 14.8. The molecule has 0 aliphatic rings. The summed E-state index contributed by atoms with van der Waals surface area (Å²) in [5, 5.41) is 26.7. The Morgan fingerprint density at radius 3 is 2.45 bits per heavy atom. The molecule has 0 atom stereocenters. The Bertz CT molecular complexity index is 1150. The average molecular weight is 506 g/mol. The number of halogens is 2. The van der Waals surface area contributed by atoms with Crippen LogP contribution in [0.15, 0.2) is 70.2 Å². The summed E-state index contributed by atoms with van der Waals surface area (Å²) in [6.07, 6.45) is 1.44. The van der Waals surface area contributed by atoms with Crippen LogP contribution in [-0.2, 0) is 6.61 Å². The fraction of sp³-hybridized carbons (Fsp3) is 0.0500. The van der Waals surface area contributed by atoms with Crippen molar-refractivity contribution >= 4 is 50.8 Å². The molecule has 0 aromatic heterocycles. The summed E-state index contributed by atoms with van der Waals surface area (Å²) >= 11 is 9.27. The highest BCUT2D eigenvalue weighted by Gasteiger charge is 2.19. The Morgan fingerprint density at radius 2 is 1.77 bits per heavy atom. The molecule has 0 aliphatic carbocycles. The fourth-order valence-electron chi connectivity index (χ4n) is 2.54. The molecule has 0 saturated heterocycles. The molecule has 31 heavy (non-hydrogen) atoms. The number of hydrogen-bond donors (Lipinski definition) is 1. The highest BCUT2D eigenvalue weighted by molar-refractivity contribution is 9.10. The van der Waals surface area contributed by atoms with Crippen LogP contribution in [0.3, 0.4) is 0 Å². The van der Waals surface area contributed by atoms with Crippen molar-refractivity contribution in [3.05, 3.63) is 102 Å². The lowest BCUT2D eigenvalue weighted by Gasteiger charge is -2.10. The van der Waals surface area contributed by atoms with Crippen LogP contribution in [0, 0.1) is 20.2 Å². The minimum absolute atomic E-state index is 0.0190. The summed E-state index contributed by atoms with van der Waals surface area (Å²) in [6, 6.07) is 15.8. The van der Waals surface area contributed by atoms with Crippen molar-refractivity contribution < 1.29 is 14.6 Å². The van der Waals surface area contributed by atoms with E-state index in [0.29, 0.717) is 22.9 Å². The summed E-state index contributed by atoms with van der Waals surface area (Å²) in [5.74, 6) is 0.543. The van der Waals surface area contributed by atoms with Gasteiger partial charge in [0.05, 0.1) is 22.1 Å². The second-order valence-corrected chi connectivity index (χ2v) is 7.54. The van der Waals surface area contributed by atoms with Crippen LogP contribution in [0.4, 0.5) is 17.1 Å². The van der Waals surface area contributed by atoms with Crippen molar-refractivity contribution in [2.75, 3.05) is 5.43 Å². The van der Waals surface area contributed by atoms with Gasteiger partial charge in [0.25, 0.3) is 5.69 Å². The van der Waals surface area contributed by atoms with Crippen LogP contribution in [0.1, 0.15) is 11.1 Å². The van der Waals surface area contributed by atoms with Crippen molar-refractivity contribution in [2.24, 2.45) is 5.10 Å². The van der Waals surface area contributed by atoms with E-state index in [1.165, 1.54) is 12.3 Å². The van der Waals surface area contributed by atoms with E-state index in [9.17, 15) is 20.2 Å². The number of nitrogens with one attached hydrogen (secondary N) is 1. The maximum Gasteiger partial charge on any atom is 0.301 e. The molecule has 0 heterocycles. The highest BCUT2D eigenvalue weighted by Crippen LogP contribution is 2.29. The van der Waals surface area contributed by atoms with Gasteiger partial charge in [-0.1, -0.05) is 39.7 Å². The quantitative estimate of drug-likeness (QED) is 0.230. The predicted molar refractivity (Wildman–Crippen MR) is 121 cm³/mol. The van der Waals surface area contributed by atoms with E-state index >= 15 is 0 Å². The standard InChI is InChI=1S/C20H14BrClN4O5/c21-15-3-8-20(31-12-13-1-4-16(22)5-2-13)14(9-15)11-23-24-18-7-6-17(25(27)28)10-19(18)26(29)30/h1-11,24H,12H2/b23-11-. The number of ether oxygens (including phenoxy) is 1.